The maximum Gasteiger partial charge on any atom is 0.149 e. The van der Waals surface area contributed by atoms with Crippen molar-refractivity contribution in [3.8, 4) is 0 Å². The largest absolute Gasteiger partial charge is 0.322 e. The van der Waals surface area contributed by atoms with Gasteiger partial charge in [0.2, 0.25) is 0 Å². The second-order valence-electron chi connectivity index (χ2n) is 3.13. The van der Waals surface area contributed by atoms with E-state index < -0.39 is 0 Å². The number of rotatable bonds is 4. The molecule has 1 fully saturated rings. The van der Waals surface area contributed by atoms with E-state index in [0.717, 1.165) is 12.8 Å². The Morgan fingerprint density at radius 2 is 2.30 bits per heavy atom. The van der Waals surface area contributed by atoms with Crippen molar-refractivity contribution in [2.24, 2.45) is 11.7 Å². The lowest BCUT2D eigenvalue weighted by Crippen LogP contribution is -2.29. The van der Waals surface area contributed by atoms with Gasteiger partial charge in [-0.1, -0.05) is 6.92 Å². The molecule has 2 N–H and O–H groups in total. The maximum atomic E-state index is 11.1. The Balaban J connectivity index is 2.18. The summed E-state index contributed by atoms with van der Waals surface area (Å²) in [6.07, 6.45) is 3.99. The van der Waals surface area contributed by atoms with Gasteiger partial charge >= 0.3 is 0 Å². The van der Waals surface area contributed by atoms with Crippen LogP contribution in [0, 0.1) is 5.92 Å². The zero-order valence-electron chi connectivity index (χ0n) is 6.47. The van der Waals surface area contributed by atoms with Crippen LogP contribution in [0.1, 0.15) is 32.6 Å². The Morgan fingerprint density at radius 1 is 1.70 bits per heavy atom. The van der Waals surface area contributed by atoms with E-state index in [1.165, 1.54) is 12.8 Å². The van der Waals surface area contributed by atoms with E-state index in [-0.39, 0.29) is 11.8 Å². The molecule has 0 bridgehead atoms. The summed E-state index contributed by atoms with van der Waals surface area (Å²) in [6.45, 7) is 1.95. The van der Waals surface area contributed by atoms with E-state index in [1.54, 1.807) is 0 Å². The highest BCUT2D eigenvalue weighted by atomic mass is 16.1. The quantitative estimate of drug-likeness (QED) is 0.637. The van der Waals surface area contributed by atoms with Crippen molar-refractivity contribution >= 4 is 5.78 Å². The fraction of sp³-hybridized carbons (Fsp3) is 0.875. The van der Waals surface area contributed by atoms with Crippen molar-refractivity contribution in [1.29, 1.82) is 0 Å². The molecule has 0 heterocycles. The molecule has 1 atom stereocenters. The molecule has 0 spiro atoms. The number of hydrogen-bond donors (Lipinski definition) is 1. The van der Waals surface area contributed by atoms with Crippen LogP contribution in [0.15, 0.2) is 0 Å². The molecule has 1 aliphatic rings. The van der Waals surface area contributed by atoms with Crippen molar-refractivity contribution in [1.82, 2.24) is 0 Å². The lowest BCUT2D eigenvalue weighted by atomic mass is 10.1. The van der Waals surface area contributed by atoms with Crippen molar-refractivity contribution < 1.29 is 4.79 Å². The molecule has 1 saturated carbocycles. The summed E-state index contributed by atoms with van der Waals surface area (Å²) < 4.78 is 0. The summed E-state index contributed by atoms with van der Waals surface area (Å²) in [5.74, 6) is 0.940. The van der Waals surface area contributed by atoms with Gasteiger partial charge in [-0.15, -0.1) is 0 Å². The average Bonchev–Trinajstić information content (AvgIpc) is 2.70. The van der Waals surface area contributed by atoms with Crippen molar-refractivity contribution in [3.05, 3.63) is 0 Å². The molecule has 0 aromatic carbocycles. The molecule has 1 unspecified atom stereocenters. The van der Waals surface area contributed by atoms with Crippen LogP contribution in [0.5, 0.6) is 0 Å². The molecule has 0 aromatic rings. The van der Waals surface area contributed by atoms with Crippen LogP contribution in [0.4, 0.5) is 0 Å². The number of nitrogens with two attached hydrogens (primary N) is 1. The molecule has 0 aliphatic heterocycles. The van der Waals surface area contributed by atoms with E-state index in [0.29, 0.717) is 5.92 Å². The SMILES string of the molecule is CCC(N)C(=O)CC1CC1. The van der Waals surface area contributed by atoms with Gasteiger partial charge in [0.05, 0.1) is 6.04 Å². The minimum atomic E-state index is -0.194. The monoisotopic (exact) mass is 141 g/mol. The van der Waals surface area contributed by atoms with Crippen molar-refractivity contribution in [3.63, 3.8) is 0 Å². The van der Waals surface area contributed by atoms with E-state index in [4.69, 9.17) is 5.73 Å². The summed E-state index contributed by atoms with van der Waals surface area (Å²) in [5, 5.41) is 0. The molecule has 1 aliphatic carbocycles. The number of ketones is 1. The zero-order chi connectivity index (χ0) is 7.56. The van der Waals surface area contributed by atoms with E-state index >= 15 is 0 Å². The van der Waals surface area contributed by atoms with Crippen LogP contribution in [0.25, 0.3) is 0 Å². The molecule has 58 valence electrons. The first-order chi connectivity index (χ1) is 4.74. The molecular weight excluding hydrogens is 126 g/mol. The second kappa shape index (κ2) is 3.15. The molecular formula is C8H15NO. The van der Waals surface area contributed by atoms with Gasteiger partial charge in [0.15, 0.2) is 0 Å². The number of carbonyl (C=O) groups excluding carboxylic acids is 1. The van der Waals surface area contributed by atoms with Crippen molar-refractivity contribution in [2.45, 2.75) is 38.6 Å². The average molecular weight is 141 g/mol. The number of carbonyl (C=O) groups is 1. The van der Waals surface area contributed by atoms with Gasteiger partial charge in [-0.3, -0.25) is 4.79 Å². The Morgan fingerprint density at radius 3 is 2.70 bits per heavy atom. The predicted octanol–water partition coefficient (Wildman–Crippen LogP) is 1.09. The Hall–Kier alpha value is -0.370. The third kappa shape index (κ3) is 2.10. The maximum absolute atomic E-state index is 11.1. The van der Waals surface area contributed by atoms with Gasteiger partial charge in [0.25, 0.3) is 0 Å². The molecule has 2 nitrogen and oxygen atoms in total. The first kappa shape index (κ1) is 7.73. The number of Topliss-reactive ketones (excluding diaryl/α,β-unsaturated/α-hetero) is 1. The van der Waals surface area contributed by atoms with Gasteiger partial charge in [0, 0.05) is 6.42 Å². The fourth-order valence-electron chi connectivity index (χ4n) is 0.986. The van der Waals surface area contributed by atoms with Gasteiger partial charge in [0.1, 0.15) is 5.78 Å². The Bertz CT molecular complexity index is 129. The van der Waals surface area contributed by atoms with E-state index in [2.05, 4.69) is 0 Å². The van der Waals surface area contributed by atoms with Crippen LogP contribution in [-0.4, -0.2) is 11.8 Å². The first-order valence-corrected chi connectivity index (χ1v) is 4.02. The third-order valence-electron chi connectivity index (χ3n) is 2.04. The Kier molecular flexibility index (Phi) is 2.44. The zero-order valence-corrected chi connectivity index (χ0v) is 6.47. The molecule has 10 heavy (non-hydrogen) atoms. The second-order valence-corrected chi connectivity index (χ2v) is 3.13. The highest BCUT2D eigenvalue weighted by Crippen LogP contribution is 2.32. The standard InChI is InChI=1S/C8H15NO/c1-2-7(9)8(10)5-6-3-4-6/h6-7H,2-5,9H2,1H3. The summed E-state index contributed by atoms with van der Waals surface area (Å²) in [4.78, 5) is 11.1. The topological polar surface area (TPSA) is 43.1 Å². The van der Waals surface area contributed by atoms with E-state index in [9.17, 15) is 4.79 Å². The molecule has 0 amide bonds. The predicted molar refractivity (Wildman–Crippen MR) is 40.6 cm³/mol. The van der Waals surface area contributed by atoms with E-state index in [1.807, 2.05) is 6.92 Å². The summed E-state index contributed by atoms with van der Waals surface area (Å²) >= 11 is 0. The summed E-state index contributed by atoms with van der Waals surface area (Å²) in [6, 6.07) is -0.194. The summed E-state index contributed by atoms with van der Waals surface area (Å²) in [7, 11) is 0. The molecule has 0 aromatic heterocycles. The minimum absolute atomic E-state index is 0.194. The van der Waals surface area contributed by atoms with Gasteiger partial charge in [-0.25, -0.2) is 0 Å². The lowest BCUT2D eigenvalue weighted by Gasteiger charge is -2.05. The smallest absolute Gasteiger partial charge is 0.149 e. The van der Waals surface area contributed by atoms with Gasteiger partial charge in [-0.05, 0) is 25.2 Å². The molecule has 0 saturated heterocycles. The van der Waals surface area contributed by atoms with Crippen LogP contribution in [0.3, 0.4) is 0 Å². The first-order valence-electron chi connectivity index (χ1n) is 4.02. The Labute approximate surface area is 61.8 Å². The highest BCUT2D eigenvalue weighted by Gasteiger charge is 2.25. The van der Waals surface area contributed by atoms with Crippen LogP contribution < -0.4 is 5.73 Å². The van der Waals surface area contributed by atoms with Crippen LogP contribution >= 0.6 is 0 Å². The lowest BCUT2D eigenvalue weighted by molar-refractivity contribution is -0.120. The number of hydrogen-bond acceptors (Lipinski definition) is 2. The fourth-order valence-corrected chi connectivity index (χ4v) is 0.986. The highest BCUT2D eigenvalue weighted by molar-refractivity contribution is 5.84. The summed E-state index contributed by atoms with van der Waals surface area (Å²) in [5.41, 5.74) is 5.54. The molecule has 0 radical (unpaired) electrons. The third-order valence-corrected chi connectivity index (χ3v) is 2.04. The normalized spacial score (nSPS) is 20.6. The minimum Gasteiger partial charge on any atom is -0.322 e. The van der Waals surface area contributed by atoms with Crippen molar-refractivity contribution in [2.75, 3.05) is 0 Å². The van der Waals surface area contributed by atoms with Crippen LogP contribution in [-0.2, 0) is 4.79 Å². The molecule has 1 rings (SSSR count). The van der Waals surface area contributed by atoms with Gasteiger partial charge in [-0.2, -0.15) is 0 Å². The van der Waals surface area contributed by atoms with Gasteiger partial charge < -0.3 is 5.73 Å². The molecule has 2 heteroatoms. The van der Waals surface area contributed by atoms with Crippen LogP contribution in [0.2, 0.25) is 0 Å².